The molecule has 0 bridgehead atoms. The number of thiazole rings is 1. The summed E-state index contributed by atoms with van der Waals surface area (Å²) in [7, 11) is 2.15. The first kappa shape index (κ1) is 8.72. The van der Waals surface area contributed by atoms with Gasteiger partial charge in [-0.15, -0.1) is 0 Å². The summed E-state index contributed by atoms with van der Waals surface area (Å²) >= 11 is 1.84. The minimum absolute atomic E-state index is 1.23. The van der Waals surface area contributed by atoms with Crippen molar-refractivity contribution in [3.05, 3.63) is 16.1 Å². The summed E-state index contributed by atoms with van der Waals surface area (Å²) in [6.07, 6.45) is 3.83. The summed E-state index contributed by atoms with van der Waals surface area (Å²) in [5.74, 6) is 0. The zero-order valence-electron chi connectivity index (χ0n) is 7.55. The topological polar surface area (TPSA) is 3.88 Å². The van der Waals surface area contributed by atoms with Crippen molar-refractivity contribution in [2.75, 3.05) is 0 Å². The highest BCUT2D eigenvalue weighted by atomic mass is 32.1. The molecule has 0 radical (unpaired) electrons. The fourth-order valence-electron chi connectivity index (χ4n) is 1.10. The highest BCUT2D eigenvalue weighted by Gasteiger charge is 2.10. The molecule has 2 heteroatoms. The van der Waals surface area contributed by atoms with Crippen LogP contribution in [-0.2, 0) is 13.5 Å². The SMILES string of the molecule is CCCCc1csc(C)[n+]1C. The van der Waals surface area contributed by atoms with Crippen LogP contribution in [0.25, 0.3) is 0 Å². The molecule has 0 N–H and O–H groups in total. The van der Waals surface area contributed by atoms with E-state index in [1.807, 2.05) is 11.3 Å². The molecular weight excluding hydrogens is 154 g/mol. The van der Waals surface area contributed by atoms with E-state index in [1.54, 1.807) is 0 Å². The van der Waals surface area contributed by atoms with Gasteiger partial charge >= 0.3 is 0 Å². The minimum Gasteiger partial charge on any atom is -0.193 e. The summed E-state index contributed by atoms with van der Waals surface area (Å²) in [6, 6.07) is 0. The van der Waals surface area contributed by atoms with Crippen LogP contribution in [0.1, 0.15) is 30.5 Å². The summed E-state index contributed by atoms with van der Waals surface area (Å²) < 4.78 is 2.29. The Labute approximate surface area is 72.7 Å². The highest BCUT2D eigenvalue weighted by Crippen LogP contribution is 2.07. The van der Waals surface area contributed by atoms with Crippen molar-refractivity contribution in [1.82, 2.24) is 0 Å². The predicted octanol–water partition coefficient (Wildman–Crippen LogP) is 2.22. The summed E-state index contributed by atoms with van der Waals surface area (Å²) in [5, 5.41) is 3.67. The first-order valence-electron chi connectivity index (χ1n) is 4.18. The Hall–Kier alpha value is -0.370. The van der Waals surface area contributed by atoms with E-state index in [1.165, 1.54) is 30.0 Å². The molecule has 1 aromatic rings. The Morgan fingerprint density at radius 1 is 1.55 bits per heavy atom. The first-order chi connectivity index (χ1) is 5.25. The van der Waals surface area contributed by atoms with E-state index < -0.39 is 0 Å². The molecule has 1 aromatic heterocycles. The van der Waals surface area contributed by atoms with Crippen LogP contribution >= 0.6 is 11.3 Å². The molecule has 1 rings (SSSR count). The Kier molecular flexibility index (Phi) is 3.06. The van der Waals surface area contributed by atoms with Gasteiger partial charge in [0.25, 0.3) is 0 Å². The fourth-order valence-corrected chi connectivity index (χ4v) is 1.96. The Morgan fingerprint density at radius 2 is 2.27 bits per heavy atom. The molecule has 0 aliphatic carbocycles. The zero-order valence-corrected chi connectivity index (χ0v) is 8.37. The van der Waals surface area contributed by atoms with Gasteiger partial charge in [-0.25, -0.2) is 0 Å². The van der Waals surface area contributed by atoms with Gasteiger partial charge in [0.05, 0.1) is 5.38 Å². The van der Waals surface area contributed by atoms with Gasteiger partial charge in [-0.05, 0) is 6.42 Å². The maximum absolute atomic E-state index is 2.29. The van der Waals surface area contributed by atoms with Gasteiger partial charge in [-0.1, -0.05) is 24.7 Å². The standard InChI is InChI=1S/C9H16NS/c1-4-5-6-9-7-11-8(2)10(9)3/h7H,4-6H2,1-3H3/q+1. The lowest BCUT2D eigenvalue weighted by atomic mass is 10.2. The number of nitrogens with zero attached hydrogens (tertiary/aromatic N) is 1. The van der Waals surface area contributed by atoms with Crippen LogP contribution < -0.4 is 4.57 Å². The Bertz CT molecular complexity index is 227. The minimum atomic E-state index is 1.23. The molecule has 0 aromatic carbocycles. The third-order valence-electron chi connectivity index (χ3n) is 2.06. The van der Waals surface area contributed by atoms with Crippen molar-refractivity contribution in [3.63, 3.8) is 0 Å². The third-order valence-corrected chi connectivity index (χ3v) is 3.06. The second kappa shape index (κ2) is 3.86. The molecule has 0 amide bonds. The van der Waals surface area contributed by atoms with E-state index in [4.69, 9.17) is 0 Å². The largest absolute Gasteiger partial charge is 0.234 e. The van der Waals surface area contributed by atoms with Gasteiger partial charge in [0.15, 0.2) is 5.69 Å². The van der Waals surface area contributed by atoms with E-state index in [0.717, 1.165) is 0 Å². The quantitative estimate of drug-likeness (QED) is 0.612. The second-order valence-corrected chi connectivity index (χ2v) is 3.97. The number of aryl methyl sites for hydroxylation is 2. The number of rotatable bonds is 3. The van der Waals surface area contributed by atoms with Crippen molar-refractivity contribution in [3.8, 4) is 0 Å². The number of hydrogen-bond acceptors (Lipinski definition) is 1. The average Bonchev–Trinajstić information content (AvgIpc) is 2.31. The van der Waals surface area contributed by atoms with Crippen molar-refractivity contribution in [2.24, 2.45) is 7.05 Å². The van der Waals surface area contributed by atoms with Gasteiger partial charge in [0.2, 0.25) is 5.01 Å². The van der Waals surface area contributed by atoms with Crippen LogP contribution in [0.5, 0.6) is 0 Å². The summed E-state index contributed by atoms with van der Waals surface area (Å²) in [4.78, 5) is 0. The van der Waals surface area contributed by atoms with E-state index >= 15 is 0 Å². The average molecular weight is 170 g/mol. The van der Waals surface area contributed by atoms with Crippen molar-refractivity contribution in [2.45, 2.75) is 33.1 Å². The molecule has 0 fully saturated rings. The molecule has 0 saturated carbocycles. The lowest BCUT2D eigenvalue weighted by molar-refractivity contribution is -0.680. The predicted molar refractivity (Wildman–Crippen MR) is 48.8 cm³/mol. The fraction of sp³-hybridized carbons (Fsp3) is 0.667. The molecule has 0 saturated heterocycles. The number of unbranched alkanes of at least 4 members (excludes halogenated alkanes) is 1. The van der Waals surface area contributed by atoms with E-state index in [9.17, 15) is 0 Å². The van der Waals surface area contributed by atoms with E-state index in [0.29, 0.717) is 0 Å². The number of aromatic nitrogens is 1. The van der Waals surface area contributed by atoms with Crippen LogP contribution in [0.2, 0.25) is 0 Å². The zero-order chi connectivity index (χ0) is 8.27. The smallest absolute Gasteiger partial charge is 0.193 e. The highest BCUT2D eigenvalue weighted by molar-refractivity contribution is 7.09. The lowest BCUT2D eigenvalue weighted by Crippen LogP contribution is -2.33. The van der Waals surface area contributed by atoms with Gasteiger partial charge < -0.3 is 0 Å². The molecule has 0 spiro atoms. The number of hydrogen-bond donors (Lipinski definition) is 0. The monoisotopic (exact) mass is 170 g/mol. The van der Waals surface area contributed by atoms with Crippen molar-refractivity contribution in [1.29, 1.82) is 0 Å². The Balaban J connectivity index is 2.63. The van der Waals surface area contributed by atoms with E-state index in [-0.39, 0.29) is 0 Å². The molecule has 0 aliphatic heterocycles. The van der Waals surface area contributed by atoms with Gasteiger partial charge in [-0.3, -0.25) is 0 Å². The molecule has 11 heavy (non-hydrogen) atoms. The summed E-state index contributed by atoms with van der Waals surface area (Å²) in [6.45, 7) is 4.40. The second-order valence-electron chi connectivity index (χ2n) is 2.91. The maximum Gasteiger partial charge on any atom is 0.234 e. The molecule has 0 unspecified atom stereocenters. The van der Waals surface area contributed by atoms with Crippen LogP contribution in [0.15, 0.2) is 5.38 Å². The Morgan fingerprint density at radius 3 is 2.73 bits per heavy atom. The van der Waals surface area contributed by atoms with Crippen molar-refractivity contribution >= 4 is 11.3 Å². The molecule has 1 nitrogen and oxygen atoms in total. The van der Waals surface area contributed by atoms with Gasteiger partial charge in [0, 0.05) is 13.3 Å². The van der Waals surface area contributed by atoms with E-state index in [2.05, 4.69) is 30.8 Å². The van der Waals surface area contributed by atoms with Crippen LogP contribution in [0.4, 0.5) is 0 Å². The van der Waals surface area contributed by atoms with Crippen LogP contribution in [-0.4, -0.2) is 0 Å². The molecule has 62 valence electrons. The lowest BCUT2D eigenvalue weighted by Gasteiger charge is -1.91. The summed E-state index contributed by atoms with van der Waals surface area (Å²) in [5.41, 5.74) is 1.48. The van der Waals surface area contributed by atoms with Crippen molar-refractivity contribution < 1.29 is 4.57 Å². The maximum atomic E-state index is 2.29. The van der Waals surface area contributed by atoms with Crippen LogP contribution in [0, 0.1) is 6.92 Å². The first-order valence-corrected chi connectivity index (χ1v) is 5.06. The van der Waals surface area contributed by atoms with Gasteiger partial charge in [0.1, 0.15) is 7.05 Å². The molecule has 0 atom stereocenters. The molecular formula is C9H16NS+. The normalized spacial score (nSPS) is 10.5. The van der Waals surface area contributed by atoms with Gasteiger partial charge in [-0.2, -0.15) is 4.57 Å². The third kappa shape index (κ3) is 2.03. The van der Waals surface area contributed by atoms with Crippen LogP contribution in [0.3, 0.4) is 0 Å². The molecule has 0 aliphatic rings. The molecule has 1 heterocycles.